The molecule has 0 saturated heterocycles. The van der Waals surface area contributed by atoms with Gasteiger partial charge in [0.1, 0.15) is 5.82 Å². The molecule has 116 valence electrons. The van der Waals surface area contributed by atoms with Gasteiger partial charge in [-0.15, -0.1) is 0 Å². The first-order chi connectivity index (χ1) is 10.1. The van der Waals surface area contributed by atoms with Crippen molar-refractivity contribution in [2.24, 2.45) is 12.8 Å². The molecule has 0 bridgehead atoms. The summed E-state index contributed by atoms with van der Waals surface area (Å²) in [7, 11) is 1.82. The molecule has 21 heavy (non-hydrogen) atoms. The van der Waals surface area contributed by atoms with Crippen LogP contribution in [-0.2, 0) is 26.6 Å². The van der Waals surface area contributed by atoms with Crippen molar-refractivity contribution in [1.82, 2.24) is 18.7 Å². The molecule has 7 nitrogen and oxygen atoms in total. The molecule has 0 spiro atoms. The molecule has 7 heteroatoms. The minimum atomic E-state index is -0.277. The Balaban J connectivity index is 2.81. The highest BCUT2D eigenvalue weighted by molar-refractivity contribution is 5.71. The van der Waals surface area contributed by atoms with E-state index >= 15 is 0 Å². The first-order valence-corrected chi connectivity index (χ1v) is 7.45. The van der Waals surface area contributed by atoms with E-state index in [1.807, 2.05) is 14.0 Å². The molecule has 0 amide bonds. The summed E-state index contributed by atoms with van der Waals surface area (Å²) in [4.78, 5) is 29.4. The zero-order valence-electron chi connectivity index (χ0n) is 12.9. The molecule has 0 fully saturated rings. The van der Waals surface area contributed by atoms with Crippen LogP contribution in [0.2, 0.25) is 0 Å². The molecule has 0 atom stereocenters. The third-order valence-electron chi connectivity index (χ3n) is 3.70. The Labute approximate surface area is 123 Å². The van der Waals surface area contributed by atoms with Crippen LogP contribution in [0.3, 0.4) is 0 Å². The molecule has 0 aliphatic heterocycles. The smallest absolute Gasteiger partial charge is 0.330 e. The molecule has 2 aromatic heterocycles. The number of aryl methyl sites for hydroxylation is 3. The lowest BCUT2D eigenvalue weighted by Gasteiger charge is -2.09. The molecule has 2 heterocycles. The lowest BCUT2D eigenvalue weighted by atomic mass is 10.3. The minimum absolute atomic E-state index is 0.265. The number of hydrogen-bond acceptors (Lipinski definition) is 4. The highest BCUT2D eigenvalue weighted by atomic mass is 16.2. The molecule has 0 unspecified atom stereocenters. The topological polar surface area (TPSA) is 87.8 Å². The highest BCUT2D eigenvalue weighted by Crippen LogP contribution is 2.11. The van der Waals surface area contributed by atoms with Gasteiger partial charge in [0.15, 0.2) is 11.2 Å². The fourth-order valence-electron chi connectivity index (χ4n) is 2.60. The van der Waals surface area contributed by atoms with Crippen molar-refractivity contribution in [3.63, 3.8) is 0 Å². The van der Waals surface area contributed by atoms with E-state index in [0.717, 1.165) is 18.7 Å². The van der Waals surface area contributed by atoms with Crippen LogP contribution in [0.1, 0.15) is 32.5 Å². The standard InChI is InChI=1S/C14H23N5O2/c1-4-9-19-12-11(13(20)18(5-2)14(19)21)17(3)10(16-12)7-6-8-15/h4-9,15H2,1-3H3. The third-order valence-corrected chi connectivity index (χ3v) is 3.70. The van der Waals surface area contributed by atoms with Gasteiger partial charge in [-0.2, -0.15) is 0 Å². The van der Waals surface area contributed by atoms with Crippen LogP contribution in [0, 0.1) is 0 Å². The Hall–Kier alpha value is -1.89. The molecule has 0 aromatic carbocycles. The van der Waals surface area contributed by atoms with Crippen LogP contribution < -0.4 is 17.0 Å². The number of nitrogens with zero attached hydrogens (tertiary/aromatic N) is 4. The summed E-state index contributed by atoms with van der Waals surface area (Å²) in [6, 6.07) is 0. The van der Waals surface area contributed by atoms with E-state index in [0.29, 0.717) is 37.2 Å². The van der Waals surface area contributed by atoms with Crippen molar-refractivity contribution in [2.75, 3.05) is 6.54 Å². The first-order valence-electron chi connectivity index (χ1n) is 7.45. The van der Waals surface area contributed by atoms with Crippen LogP contribution in [-0.4, -0.2) is 25.2 Å². The van der Waals surface area contributed by atoms with Gasteiger partial charge in [0.05, 0.1) is 0 Å². The Morgan fingerprint density at radius 1 is 1.19 bits per heavy atom. The molecule has 2 N–H and O–H groups in total. The van der Waals surface area contributed by atoms with E-state index in [-0.39, 0.29) is 11.2 Å². The van der Waals surface area contributed by atoms with Crippen LogP contribution in [0.4, 0.5) is 0 Å². The molecule has 2 rings (SSSR count). The number of nitrogens with two attached hydrogens (primary N) is 1. The normalized spacial score (nSPS) is 11.4. The number of fused-ring (bicyclic) bond motifs is 1. The number of aromatic nitrogens is 4. The second kappa shape index (κ2) is 6.26. The van der Waals surface area contributed by atoms with Gasteiger partial charge in [-0.3, -0.25) is 13.9 Å². The molecule has 0 radical (unpaired) electrons. The van der Waals surface area contributed by atoms with Gasteiger partial charge in [-0.05, 0) is 26.3 Å². The predicted molar refractivity (Wildman–Crippen MR) is 82.6 cm³/mol. The number of imidazole rings is 1. The molecule has 0 aliphatic rings. The minimum Gasteiger partial charge on any atom is -0.330 e. The van der Waals surface area contributed by atoms with E-state index in [1.165, 1.54) is 4.57 Å². The van der Waals surface area contributed by atoms with Gasteiger partial charge in [0, 0.05) is 26.6 Å². The van der Waals surface area contributed by atoms with E-state index in [4.69, 9.17) is 5.73 Å². The summed E-state index contributed by atoms with van der Waals surface area (Å²) >= 11 is 0. The lowest BCUT2D eigenvalue weighted by Crippen LogP contribution is -2.40. The average molecular weight is 293 g/mol. The van der Waals surface area contributed by atoms with Crippen molar-refractivity contribution >= 4 is 11.2 Å². The van der Waals surface area contributed by atoms with Crippen LogP contribution >= 0.6 is 0 Å². The second-order valence-corrected chi connectivity index (χ2v) is 5.14. The van der Waals surface area contributed by atoms with Crippen LogP contribution in [0.5, 0.6) is 0 Å². The second-order valence-electron chi connectivity index (χ2n) is 5.14. The van der Waals surface area contributed by atoms with Gasteiger partial charge in [0.2, 0.25) is 0 Å². The van der Waals surface area contributed by atoms with Crippen LogP contribution in [0.15, 0.2) is 9.59 Å². The summed E-state index contributed by atoms with van der Waals surface area (Å²) in [6.45, 7) is 5.29. The number of rotatable bonds is 6. The van der Waals surface area contributed by atoms with Crippen molar-refractivity contribution in [3.05, 3.63) is 26.7 Å². The molecular formula is C14H23N5O2. The Bertz CT molecular complexity index is 753. The zero-order chi connectivity index (χ0) is 15.6. The van der Waals surface area contributed by atoms with Gasteiger partial charge in [-0.25, -0.2) is 9.78 Å². The average Bonchev–Trinajstić information content (AvgIpc) is 2.79. The Kier molecular flexibility index (Phi) is 4.62. The van der Waals surface area contributed by atoms with Gasteiger partial charge in [0.25, 0.3) is 5.56 Å². The monoisotopic (exact) mass is 293 g/mol. The maximum absolute atomic E-state index is 12.5. The summed E-state index contributed by atoms with van der Waals surface area (Å²) in [5, 5.41) is 0. The van der Waals surface area contributed by atoms with Crippen molar-refractivity contribution in [3.8, 4) is 0 Å². The molecule has 2 aromatic rings. The molecular weight excluding hydrogens is 270 g/mol. The summed E-state index contributed by atoms with van der Waals surface area (Å²) in [6.07, 6.45) is 2.32. The van der Waals surface area contributed by atoms with Gasteiger partial charge in [-0.1, -0.05) is 6.92 Å². The predicted octanol–water partition coefficient (Wildman–Crippen LogP) is 0.218. The summed E-state index contributed by atoms with van der Waals surface area (Å²) in [5.74, 6) is 0.797. The van der Waals surface area contributed by atoms with Crippen molar-refractivity contribution in [2.45, 2.75) is 46.2 Å². The van der Waals surface area contributed by atoms with E-state index in [2.05, 4.69) is 4.98 Å². The maximum Gasteiger partial charge on any atom is 0.332 e. The van der Waals surface area contributed by atoms with E-state index in [1.54, 1.807) is 16.1 Å². The van der Waals surface area contributed by atoms with Gasteiger partial charge >= 0.3 is 5.69 Å². The van der Waals surface area contributed by atoms with Crippen molar-refractivity contribution < 1.29 is 0 Å². The molecule has 0 saturated carbocycles. The van der Waals surface area contributed by atoms with Crippen molar-refractivity contribution in [1.29, 1.82) is 0 Å². The molecule has 0 aliphatic carbocycles. The quantitative estimate of drug-likeness (QED) is 0.825. The Morgan fingerprint density at radius 3 is 2.48 bits per heavy atom. The third kappa shape index (κ3) is 2.53. The van der Waals surface area contributed by atoms with E-state index in [9.17, 15) is 9.59 Å². The lowest BCUT2D eigenvalue weighted by molar-refractivity contribution is 0.579. The first kappa shape index (κ1) is 15.5. The highest BCUT2D eigenvalue weighted by Gasteiger charge is 2.18. The fourth-order valence-corrected chi connectivity index (χ4v) is 2.60. The summed E-state index contributed by atoms with van der Waals surface area (Å²) in [5.41, 5.74) is 5.99. The van der Waals surface area contributed by atoms with E-state index < -0.39 is 0 Å². The largest absolute Gasteiger partial charge is 0.332 e. The summed E-state index contributed by atoms with van der Waals surface area (Å²) < 4.78 is 4.67. The zero-order valence-corrected chi connectivity index (χ0v) is 12.9. The maximum atomic E-state index is 12.5. The fraction of sp³-hybridized carbons (Fsp3) is 0.643. The SMILES string of the molecule is CCCn1c(=O)n(CC)c(=O)c2c1nc(CCCN)n2C. The Morgan fingerprint density at radius 2 is 1.90 bits per heavy atom. The van der Waals surface area contributed by atoms with Crippen LogP contribution in [0.25, 0.3) is 11.2 Å². The van der Waals surface area contributed by atoms with Gasteiger partial charge < -0.3 is 10.3 Å². The number of hydrogen-bond donors (Lipinski definition) is 1.